The predicted molar refractivity (Wildman–Crippen MR) is 76.3 cm³/mol. The molecular formula is C13H17N3O2S. The quantitative estimate of drug-likeness (QED) is 0.853. The van der Waals surface area contributed by atoms with Crippen molar-refractivity contribution in [3.63, 3.8) is 0 Å². The minimum Gasteiger partial charge on any atom is -0.345 e. The first-order valence-corrected chi connectivity index (χ1v) is 7.85. The second kappa shape index (κ2) is 5.88. The molecule has 1 aromatic heterocycles. The molecule has 19 heavy (non-hydrogen) atoms. The molecule has 0 fully saturated rings. The van der Waals surface area contributed by atoms with Crippen molar-refractivity contribution < 1.29 is 8.42 Å². The maximum absolute atomic E-state index is 11.8. The first-order chi connectivity index (χ1) is 9.11. The number of imidazole rings is 1. The Kier molecular flexibility index (Phi) is 4.21. The number of rotatable bonds is 6. The maximum Gasteiger partial charge on any atom is 0.232 e. The van der Waals surface area contributed by atoms with Gasteiger partial charge in [-0.3, -0.25) is 4.72 Å². The number of hydrogen-bond acceptors (Lipinski definition) is 3. The predicted octanol–water partition coefficient (Wildman–Crippen LogP) is 2.62. The normalized spacial score (nSPS) is 11.4. The molecule has 2 N–H and O–H groups in total. The summed E-state index contributed by atoms with van der Waals surface area (Å²) in [6.07, 6.45) is 4.81. The number of nitrogens with one attached hydrogen (secondary N) is 2. The van der Waals surface area contributed by atoms with Crippen molar-refractivity contribution in [2.45, 2.75) is 19.8 Å². The molecule has 5 nitrogen and oxygen atoms in total. The van der Waals surface area contributed by atoms with E-state index in [0.29, 0.717) is 12.1 Å². The minimum absolute atomic E-state index is 0.151. The number of H-pyrrole nitrogens is 1. The molecule has 0 bridgehead atoms. The molecule has 0 unspecified atom stereocenters. The van der Waals surface area contributed by atoms with E-state index in [4.69, 9.17) is 0 Å². The molecule has 0 saturated heterocycles. The summed E-state index contributed by atoms with van der Waals surface area (Å²) < 4.78 is 26.2. The van der Waals surface area contributed by atoms with E-state index in [1.807, 2.05) is 19.1 Å². The number of nitrogens with zero attached hydrogens (tertiary/aromatic N) is 1. The molecule has 0 spiro atoms. The lowest BCUT2D eigenvalue weighted by Gasteiger charge is -2.08. The van der Waals surface area contributed by atoms with E-state index < -0.39 is 10.0 Å². The van der Waals surface area contributed by atoms with E-state index in [1.165, 1.54) is 0 Å². The molecule has 0 aliphatic rings. The Morgan fingerprint density at radius 1 is 1.37 bits per heavy atom. The lowest BCUT2D eigenvalue weighted by molar-refractivity contribution is 0.598. The fourth-order valence-corrected chi connectivity index (χ4v) is 2.99. The van der Waals surface area contributed by atoms with Crippen molar-refractivity contribution in [2.75, 3.05) is 10.5 Å². The Labute approximate surface area is 113 Å². The number of anilines is 1. The largest absolute Gasteiger partial charge is 0.345 e. The highest BCUT2D eigenvalue weighted by atomic mass is 32.2. The van der Waals surface area contributed by atoms with Gasteiger partial charge in [-0.05, 0) is 18.6 Å². The third-order valence-electron chi connectivity index (χ3n) is 2.71. The Bertz CT molecular complexity index is 621. The van der Waals surface area contributed by atoms with Gasteiger partial charge in [0.15, 0.2) is 0 Å². The molecule has 0 aliphatic carbocycles. The molecule has 0 radical (unpaired) electrons. The summed E-state index contributed by atoms with van der Waals surface area (Å²) in [5, 5.41) is 0. The fraction of sp³-hybridized carbons (Fsp3) is 0.308. The molecule has 0 atom stereocenters. The number of benzene rings is 1. The van der Waals surface area contributed by atoms with Crippen LogP contribution in [0.4, 0.5) is 5.69 Å². The van der Waals surface area contributed by atoms with Gasteiger partial charge in [-0.25, -0.2) is 13.4 Å². The monoisotopic (exact) mass is 279 g/mol. The zero-order valence-corrected chi connectivity index (χ0v) is 11.6. The average molecular weight is 279 g/mol. The van der Waals surface area contributed by atoms with Gasteiger partial charge >= 0.3 is 0 Å². The van der Waals surface area contributed by atoms with E-state index >= 15 is 0 Å². The van der Waals surface area contributed by atoms with Crippen LogP contribution >= 0.6 is 0 Å². The average Bonchev–Trinajstić information content (AvgIpc) is 2.90. The van der Waals surface area contributed by atoms with E-state index in [-0.39, 0.29) is 5.75 Å². The Morgan fingerprint density at radius 3 is 2.89 bits per heavy atom. The molecule has 1 aromatic carbocycles. The van der Waals surface area contributed by atoms with Crippen LogP contribution in [0.2, 0.25) is 0 Å². The molecular weight excluding hydrogens is 262 g/mol. The third kappa shape index (κ3) is 3.82. The summed E-state index contributed by atoms with van der Waals surface area (Å²) in [7, 11) is -3.26. The Hall–Kier alpha value is -1.82. The first-order valence-electron chi connectivity index (χ1n) is 6.20. The van der Waals surface area contributed by atoms with Crippen molar-refractivity contribution >= 4 is 15.7 Å². The minimum atomic E-state index is -3.26. The van der Waals surface area contributed by atoms with Gasteiger partial charge in [0, 0.05) is 11.3 Å². The second-order valence-corrected chi connectivity index (χ2v) is 6.16. The van der Waals surface area contributed by atoms with Crippen LogP contribution in [-0.4, -0.2) is 24.1 Å². The van der Waals surface area contributed by atoms with Crippen molar-refractivity contribution in [3.8, 4) is 11.3 Å². The van der Waals surface area contributed by atoms with Crippen LogP contribution in [0.3, 0.4) is 0 Å². The molecule has 1 heterocycles. The summed E-state index contributed by atoms with van der Waals surface area (Å²) in [6.45, 7) is 1.97. The second-order valence-electron chi connectivity index (χ2n) is 4.32. The SMILES string of the molecule is CCCCS(=O)(=O)Nc1cccc(-c2cnc[nH]2)c1. The van der Waals surface area contributed by atoms with Crippen LogP contribution in [0.5, 0.6) is 0 Å². The highest BCUT2D eigenvalue weighted by molar-refractivity contribution is 7.92. The Morgan fingerprint density at radius 2 is 2.21 bits per heavy atom. The highest BCUT2D eigenvalue weighted by Gasteiger charge is 2.10. The molecule has 0 aliphatic heterocycles. The summed E-state index contributed by atoms with van der Waals surface area (Å²) in [5.74, 6) is 0.151. The highest BCUT2D eigenvalue weighted by Crippen LogP contribution is 2.21. The third-order valence-corrected chi connectivity index (χ3v) is 4.08. The van der Waals surface area contributed by atoms with Gasteiger partial charge in [0.2, 0.25) is 10.0 Å². The zero-order chi connectivity index (χ0) is 13.7. The number of aromatic amines is 1. The molecule has 2 aromatic rings. The summed E-state index contributed by atoms with van der Waals surface area (Å²) in [4.78, 5) is 6.94. The molecule has 102 valence electrons. The van der Waals surface area contributed by atoms with Crippen molar-refractivity contribution in [2.24, 2.45) is 0 Å². The van der Waals surface area contributed by atoms with Crippen molar-refractivity contribution in [3.05, 3.63) is 36.8 Å². The zero-order valence-electron chi connectivity index (χ0n) is 10.8. The van der Waals surface area contributed by atoms with Gasteiger partial charge in [0.1, 0.15) is 0 Å². The van der Waals surface area contributed by atoms with Gasteiger partial charge in [0.05, 0.1) is 24.0 Å². The number of hydrogen-bond donors (Lipinski definition) is 2. The van der Waals surface area contributed by atoms with Gasteiger partial charge in [-0.15, -0.1) is 0 Å². The van der Waals surface area contributed by atoms with Crippen molar-refractivity contribution in [1.29, 1.82) is 0 Å². The molecule has 0 saturated carbocycles. The fourth-order valence-electron chi connectivity index (χ4n) is 1.73. The van der Waals surface area contributed by atoms with Gasteiger partial charge in [-0.1, -0.05) is 25.5 Å². The van der Waals surface area contributed by atoms with Crippen LogP contribution in [0.15, 0.2) is 36.8 Å². The van der Waals surface area contributed by atoms with E-state index in [9.17, 15) is 8.42 Å². The first kappa shape index (κ1) is 13.6. The van der Waals surface area contributed by atoms with Crippen LogP contribution < -0.4 is 4.72 Å². The van der Waals surface area contributed by atoms with Crippen LogP contribution in [0, 0.1) is 0 Å². The summed E-state index contributed by atoms with van der Waals surface area (Å²) in [5.41, 5.74) is 2.33. The molecule has 6 heteroatoms. The van der Waals surface area contributed by atoms with Crippen LogP contribution in [0.1, 0.15) is 19.8 Å². The molecule has 0 amide bonds. The molecule has 2 rings (SSSR count). The van der Waals surface area contributed by atoms with Gasteiger partial charge in [-0.2, -0.15) is 0 Å². The van der Waals surface area contributed by atoms with E-state index in [2.05, 4.69) is 14.7 Å². The summed E-state index contributed by atoms with van der Waals surface area (Å²) >= 11 is 0. The summed E-state index contributed by atoms with van der Waals surface area (Å²) in [6, 6.07) is 7.24. The van der Waals surface area contributed by atoms with E-state index in [0.717, 1.165) is 17.7 Å². The van der Waals surface area contributed by atoms with Gasteiger partial charge in [0.25, 0.3) is 0 Å². The lowest BCUT2D eigenvalue weighted by Crippen LogP contribution is -2.16. The topological polar surface area (TPSA) is 74.8 Å². The Balaban J connectivity index is 2.16. The maximum atomic E-state index is 11.8. The smallest absolute Gasteiger partial charge is 0.232 e. The number of aromatic nitrogens is 2. The van der Waals surface area contributed by atoms with Crippen LogP contribution in [-0.2, 0) is 10.0 Å². The lowest BCUT2D eigenvalue weighted by atomic mass is 10.1. The van der Waals surface area contributed by atoms with Gasteiger partial charge < -0.3 is 4.98 Å². The van der Waals surface area contributed by atoms with Crippen molar-refractivity contribution in [1.82, 2.24) is 9.97 Å². The standard InChI is InChI=1S/C13H17N3O2S/c1-2-3-7-19(17,18)16-12-6-4-5-11(8-12)13-9-14-10-15-13/h4-6,8-10,16H,2-3,7H2,1H3,(H,14,15). The number of unbranched alkanes of at least 4 members (excludes halogenated alkanes) is 1. The number of sulfonamides is 1. The van der Waals surface area contributed by atoms with E-state index in [1.54, 1.807) is 24.7 Å². The van der Waals surface area contributed by atoms with Crippen LogP contribution in [0.25, 0.3) is 11.3 Å².